The van der Waals surface area contributed by atoms with Gasteiger partial charge >= 0.3 is 11.1 Å². The zero-order chi connectivity index (χ0) is 24.7. The summed E-state index contributed by atoms with van der Waals surface area (Å²) in [5, 5.41) is 11.9. The minimum atomic E-state index is -0.825. The van der Waals surface area contributed by atoms with Crippen LogP contribution in [0.1, 0.15) is 34.1 Å². The average molecular weight is 499 g/mol. The molecular formula is C19H26N6O6S2. The number of nitrogens with one attached hydrogen (secondary N) is 3. The maximum Gasteiger partial charge on any atom is 0.329 e. The number of carbonyl (C=O) groups is 3. The second-order valence-corrected chi connectivity index (χ2v) is 8.62. The molecule has 14 heteroatoms. The van der Waals surface area contributed by atoms with Gasteiger partial charge in [0, 0.05) is 23.6 Å². The van der Waals surface area contributed by atoms with Gasteiger partial charge in [0.1, 0.15) is 18.5 Å². The number of aromatic amines is 2. The van der Waals surface area contributed by atoms with Crippen LogP contribution in [0.4, 0.5) is 0 Å². The normalized spacial score (nSPS) is 19.7. The van der Waals surface area contributed by atoms with E-state index in [1.807, 2.05) is 13.8 Å². The molecule has 2 amide bonds. The van der Waals surface area contributed by atoms with E-state index in [1.54, 1.807) is 18.7 Å². The third-order valence-electron chi connectivity index (χ3n) is 4.68. The molecule has 1 fully saturated rings. The Morgan fingerprint density at radius 2 is 2.00 bits per heavy atom. The van der Waals surface area contributed by atoms with Gasteiger partial charge in [-0.05, 0) is 12.5 Å². The highest BCUT2D eigenvalue weighted by Gasteiger charge is 2.51. The lowest BCUT2D eigenvalue weighted by atomic mass is 10.0. The van der Waals surface area contributed by atoms with Crippen molar-refractivity contribution in [1.29, 1.82) is 0 Å². The number of amides is 2. The number of ketones is 1. The first kappa shape index (κ1) is 26.4. The molecule has 0 unspecified atom stereocenters. The van der Waals surface area contributed by atoms with E-state index < -0.39 is 28.9 Å². The molecule has 1 aromatic heterocycles. The molecule has 1 aromatic rings. The number of hydrogen-bond donors (Lipinski definition) is 3. The molecule has 0 aromatic carbocycles. The first-order chi connectivity index (χ1) is 15.8. The molecule has 0 aliphatic carbocycles. The Hall–Kier alpha value is -2.87. The van der Waals surface area contributed by atoms with E-state index in [2.05, 4.69) is 30.5 Å². The van der Waals surface area contributed by atoms with E-state index in [0.717, 1.165) is 11.3 Å². The maximum absolute atomic E-state index is 12.7. The van der Waals surface area contributed by atoms with Crippen molar-refractivity contribution < 1.29 is 19.2 Å². The van der Waals surface area contributed by atoms with Gasteiger partial charge in [-0.15, -0.1) is 16.9 Å². The van der Waals surface area contributed by atoms with E-state index in [9.17, 15) is 24.0 Å². The van der Waals surface area contributed by atoms with Crippen LogP contribution < -0.4 is 16.4 Å². The zero-order valence-electron chi connectivity index (χ0n) is 18.9. The number of allylic oxidation sites excluding steroid dienone is 1. The lowest BCUT2D eigenvalue weighted by Crippen LogP contribution is -2.70. The fourth-order valence-electron chi connectivity index (χ4n) is 2.98. The fraction of sp³-hybridized carbons (Fsp3) is 0.526. The molecule has 3 heterocycles. The molecule has 3 N–H and O–H groups in total. The Labute approximate surface area is 198 Å². The highest BCUT2D eigenvalue weighted by Crippen LogP contribution is 2.40. The molecule has 0 saturated carbocycles. The van der Waals surface area contributed by atoms with Gasteiger partial charge in [-0.1, -0.05) is 37.7 Å². The Kier molecular flexibility index (Phi) is 9.46. The maximum atomic E-state index is 12.7. The summed E-state index contributed by atoms with van der Waals surface area (Å²) in [5.41, 5.74) is -0.260. The molecule has 3 rings (SSSR count). The van der Waals surface area contributed by atoms with Gasteiger partial charge < -0.3 is 10.2 Å². The summed E-state index contributed by atoms with van der Waals surface area (Å²) >= 11 is 2.70. The summed E-state index contributed by atoms with van der Waals surface area (Å²) in [7, 11) is 1.23. The van der Waals surface area contributed by atoms with Gasteiger partial charge in [0.2, 0.25) is 5.71 Å². The minimum absolute atomic E-state index is 0.0802. The number of H-pyrrole nitrogens is 2. The number of oxime groups is 1. The van der Waals surface area contributed by atoms with Crippen LogP contribution in [0.2, 0.25) is 0 Å². The molecule has 0 radical (unpaired) electrons. The fourth-order valence-corrected chi connectivity index (χ4v) is 5.47. The smallest absolute Gasteiger partial charge is 0.329 e. The Balaban J connectivity index is 0.00000187. The highest BCUT2D eigenvalue weighted by molar-refractivity contribution is 8.01. The predicted octanol–water partition coefficient (Wildman–Crippen LogP) is 0.232. The van der Waals surface area contributed by atoms with E-state index >= 15 is 0 Å². The SMILES string of the molecule is CC.CCC(=O)/C(=N\OC)C(=O)N[C@@H]1C(=O)N2C(C)=C(CSc3n[nH]c(=O)c(=O)[nH]3)CS[C@H]12. The van der Waals surface area contributed by atoms with Gasteiger partial charge in [-0.3, -0.25) is 33.9 Å². The molecule has 1 saturated heterocycles. The van der Waals surface area contributed by atoms with Crippen molar-refractivity contribution >= 4 is 46.8 Å². The van der Waals surface area contributed by atoms with Crippen molar-refractivity contribution in [1.82, 2.24) is 25.4 Å². The number of rotatable bonds is 8. The van der Waals surface area contributed by atoms with Gasteiger partial charge in [-0.25, -0.2) is 5.10 Å². The van der Waals surface area contributed by atoms with E-state index in [1.165, 1.54) is 30.6 Å². The van der Waals surface area contributed by atoms with E-state index in [-0.39, 0.29) is 28.6 Å². The summed E-state index contributed by atoms with van der Waals surface area (Å²) in [6.45, 7) is 7.40. The summed E-state index contributed by atoms with van der Waals surface area (Å²) in [4.78, 5) is 68.0. The largest absolute Gasteiger partial charge is 0.398 e. The number of thioether (sulfide) groups is 2. The van der Waals surface area contributed by atoms with E-state index in [0.29, 0.717) is 11.5 Å². The Morgan fingerprint density at radius 3 is 2.61 bits per heavy atom. The Morgan fingerprint density at radius 1 is 1.30 bits per heavy atom. The van der Waals surface area contributed by atoms with Crippen LogP contribution in [0.15, 0.2) is 31.2 Å². The van der Waals surface area contributed by atoms with Crippen LogP contribution >= 0.6 is 23.5 Å². The lowest BCUT2D eigenvalue weighted by Gasteiger charge is -2.50. The number of aromatic nitrogens is 3. The topological polar surface area (TPSA) is 167 Å². The predicted molar refractivity (Wildman–Crippen MR) is 125 cm³/mol. The molecule has 0 bridgehead atoms. The monoisotopic (exact) mass is 498 g/mol. The van der Waals surface area contributed by atoms with Crippen molar-refractivity contribution in [2.24, 2.45) is 5.16 Å². The molecule has 180 valence electrons. The first-order valence-electron chi connectivity index (χ1n) is 10.2. The molecule has 2 aliphatic rings. The second-order valence-electron chi connectivity index (χ2n) is 6.55. The van der Waals surface area contributed by atoms with Crippen molar-refractivity contribution in [2.75, 3.05) is 18.6 Å². The number of hydrogen-bond acceptors (Lipinski definition) is 10. The molecule has 2 aliphatic heterocycles. The van der Waals surface area contributed by atoms with Gasteiger partial charge in [0.25, 0.3) is 11.8 Å². The number of Topliss-reactive ketones (excluding diaryl/α,β-unsaturated/α-hetero) is 1. The molecule has 2 atom stereocenters. The summed E-state index contributed by atoms with van der Waals surface area (Å²) < 4.78 is 0. The van der Waals surface area contributed by atoms with Gasteiger partial charge in [-0.2, -0.15) is 0 Å². The molecular weight excluding hydrogens is 472 g/mol. The summed E-state index contributed by atoms with van der Waals surface area (Å²) in [6.07, 6.45) is 0.0802. The lowest BCUT2D eigenvalue weighted by molar-refractivity contribution is -0.145. The standard InChI is InChI=1S/C17H20N6O6S2.C2H6/c1-4-9(24)10(22-29-3)12(25)18-11-15(28)23-7(2)8(5-30-16(11)23)6-31-17-19-13(26)14(27)20-21-17;1-2/h11,16H,4-6H2,1-3H3,(H,18,25)(H,20,27)(H,19,21,26);1-2H3/b22-10+;/t11-,16-;/m1./s1. The zero-order valence-corrected chi connectivity index (χ0v) is 20.5. The first-order valence-corrected chi connectivity index (χ1v) is 12.2. The van der Waals surface area contributed by atoms with Crippen LogP contribution in [-0.2, 0) is 19.2 Å². The third kappa shape index (κ3) is 5.74. The summed E-state index contributed by atoms with van der Waals surface area (Å²) in [5.74, 6) is -0.467. The van der Waals surface area contributed by atoms with Gasteiger partial charge in [0.05, 0.1) is 0 Å². The van der Waals surface area contributed by atoms with Crippen LogP contribution in [-0.4, -0.2) is 73.4 Å². The van der Waals surface area contributed by atoms with E-state index in [4.69, 9.17) is 0 Å². The van der Waals surface area contributed by atoms with Crippen molar-refractivity contribution in [2.45, 2.75) is 50.7 Å². The molecule has 0 spiro atoms. The number of carbonyl (C=O) groups excluding carboxylic acids is 3. The number of nitrogens with zero attached hydrogens (tertiary/aromatic N) is 3. The van der Waals surface area contributed by atoms with Crippen molar-refractivity contribution in [3.8, 4) is 0 Å². The van der Waals surface area contributed by atoms with Crippen LogP contribution in [0.25, 0.3) is 0 Å². The second kappa shape index (κ2) is 11.8. The molecule has 12 nitrogen and oxygen atoms in total. The van der Waals surface area contributed by atoms with Crippen LogP contribution in [0.3, 0.4) is 0 Å². The van der Waals surface area contributed by atoms with Crippen molar-refractivity contribution in [3.05, 3.63) is 32.0 Å². The van der Waals surface area contributed by atoms with Crippen molar-refractivity contribution in [3.63, 3.8) is 0 Å². The Bertz CT molecular complexity index is 1090. The molecule has 33 heavy (non-hydrogen) atoms. The highest BCUT2D eigenvalue weighted by atomic mass is 32.2. The van der Waals surface area contributed by atoms with Crippen LogP contribution in [0, 0.1) is 0 Å². The minimum Gasteiger partial charge on any atom is -0.398 e. The van der Waals surface area contributed by atoms with Gasteiger partial charge in [0.15, 0.2) is 10.9 Å². The summed E-state index contributed by atoms with van der Waals surface area (Å²) in [6, 6.07) is -0.773. The number of β-lactam (4-membered cyclic amide) rings is 1. The quantitative estimate of drug-likeness (QED) is 0.113. The number of fused-ring (bicyclic) bond motifs is 1. The third-order valence-corrected chi connectivity index (χ3v) is 6.98. The van der Waals surface area contributed by atoms with Crippen LogP contribution in [0.5, 0.6) is 0 Å². The average Bonchev–Trinajstić information content (AvgIpc) is 2.82.